The first-order valence-electron chi connectivity index (χ1n) is 6.51. The average molecular weight is 255 g/mol. The Morgan fingerprint density at radius 2 is 2.18 bits per heavy atom. The SMILES string of the molecule is CCCCN(c1ncccc1CCl)C(C)CC. The number of rotatable bonds is 7. The molecule has 0 spiro atoms. The monoisotopic (exact) mass is 254 g/mol. The third kappa shape index (κ3) is 3.88. The molecule has 1 atom stereocenters. The summed E-state index contributed by atoms with van der Waals surface area (Å²) in [4.78, 5) is 6.90. The van der Waals surface area contributed by atoms with Crippen LogP contribution in [0, 0.1) is 0 Å². The third-order valence-corrected chi connectivity index (χ3v) is 3.45. The van der Waals surface area contributed by atoms with Crippen molar-refractivity contribution in [3.8, 4) is 0 Å². The van der Waals surface area contributed by atoms with Gasteiger partial charge < -0.3 is 4.90 Å². The first kappa shape index (κ1) is 14.3. The van der Waals surface area contributed by atoms with E-state index in [1.54, 1.807) is 0 Å². The molecule has 1 heterocycles. The molecule has 17 heavy (non-hydrogen) atoms. The standard InChI is InChI=1S/C14H23ClN2/c1-4-6-10-17(12(3)5-2)14-13(11-15)8-7-9-16-14/h7-9,12H,4-6,10-11H2,1-3H3. The summed E-state index contributed by atoms with van der Waals surface area (Å²) >= 11 is 5.99. The van der Waals surface area contributed by atoms with Crippen LogP contribution in [0.1, 0.15) is 45.6 Å². The number of halogens is 1. The van der Waals surface area contributed by atoms with E-state index in [0.29, 0.717) is 11.9 Å². The minimum absolute atomic E-state index is 0.512. The molecule has 1 aromatic rings. The maximum atomic E-state index is 5.99. The van der Waals surface area contributed by atoms with Crippen LogP contribution in [0.5, 0.6) is 0 Å². The Hall–Kier alpha value is -0.760. The molecule has 1 unspecified atom stereocenters. The zero-order chi connectivity index (χ0) is 12.7. The predicted molar refractivity (Wildman–Crippen MR) is 75.8 cm³/mol. The van der Waals surface area contributed by atoms with E-state index in [1.165, 1.54) is 12.8 Å². The van der Waals surface area contributed by atoms with Gasteiger partial charge in [-0.25, -0.2) is 4.98 Å². The van der Waals surface area contributed by atoms with E-state index in [2.05, 4.69) is 36.7 Å². The van der Waals surface area contributed by atoms with Crippen molar-refractivity contribution in [2.45, 2.75) is 52.0 Å². The van der Waals surface area contributed by atoms with Crippen LogP contribution < -0.4 is 4.90 Å². The van der Waals surface area contributed by atoms with E-state index >= 15 is 0 Å². The highest BCUT2D eigenvalue weighted by Gasteiger charge is 2.16. The van der Waals surface area contributed by atoms with E-state index in [1.807, 2.05) is 12.3 Å². The second-order valence-electron chi connectivity index (χ2n) is 4.42. The van der Waals surface area contributed by atoms with Gasteiger partial charge >= 0.3 is 0 Å². The molecule has 0 bridgehead atoms. The number of anilines is 1. The molecule has 0 radical (unpaired) electrons. The van der Waals surface area contributed by atoms with Crippen molar-refractivity contribution in [3.05, 3.63) is 23.9 Å². The first-order chi connectivity index (χ1) is 8.24. The number of alkyl halides is 1. The molecule has 0 aromatic carbocycles. The minimum Gasteiger partial charge on any atom is -0.354 e. The summed E-state index contributed by atoms with van der Waals surface area (Å²) in [6.07, 6.45) is 5.38. The van der Waals surface area contributed by atoms with Gasteiger partial charge in [0.25, 0.3) is 0 Å². The molecule has 0 aliphatic rings. The van der Waals surface area contributed by atoms with E-state index in [0.717, 1.165) is 24.3 Å². The Morgan fingerprint density at radius 3 is 2.76 bits per heavy atom. The first-order valence-corrected chi connectivity index (χ1v) is 7.04. The van der Waals surface area contributed by atoms with Gasteiger partial charge in [-0.2, -0.15) is 0 Å². The van der Waals surface area contributed by atoms with Crippen molar-refractivity contribution >= 4 is 17.4 Å². The fourth-order valence-corrected chi connectivity index (χ4v) is 2.09. The molecule has 2 nitrogen and oxygen atoms in total. The number of aromatic nitrogens is 1. The van der Waals surface area contributed by atoms with Crippen LogP contribution >= 0.6 is 11.6 Å². The number of nitrogens with zero attached hydrogens (tertiary/aromatic N) is 2. The quantitative estimate of drug-likeness (QED) is 0.677. The number of hydrogen-bond acceptors (Lipinski definition) is 2. The molecule has 0 aliphatic heterocycles. The largest absolute Gasteiger partial charge is 0.354 e. The molecule has 0 aliphatic carbocycles. The molecule has 96 valence electrons. The van der Waals surface area contributed by atoms with Gasteiger partial charge in [-0.1, -0.05) is 26.3 Å². The molecule has 1 rings (SSSR count). The normalized spacial score (nSPS) is 12.5. The summed E-state index contributed by atoms with van der Waals surface area (Å²) in [5.74, 6) is 1.59. The number of unbranched alkanes of at least 4 members (excludes halogenated alkanes) is 1. The van der Waals surface area contributed by atoms with Crippen LogP contribution in [-0.4, -0.2) is 17.6 Å². The highest BCUT2D eigenvalue weighted by molar-refractivity contribution is 6.17. The summed E-state index contributed by atoms with van der Waals surface area (Å²) in [7, 11) is 0. The lowest BCUT2D eigenvalue weighted by Crippen LogP contribution is -2.34. The van der Waals surface area contributed by atoms with E-state index in [9.17, 15) is 0 Å². The van der Waals surface area contributed by atoms with Gasteiger partial charge in [-0.3, -0.25) is 0 Å². The molecule has 0 N–H and O–H groups in total. The summed E-state index contributed by atoms with van der Waals surface area (Å²) in [5, 5.41) is 0. The summed E-state index contributed by atoms with van der Waals surface area (Å²) in [6.45, 7) is 7.75. The zero-order valence-corrected chi connectivity index (χ0v) is 11.9. The van der Waals surface area contributed by atoms with Crippen molar-refractivity contribution in [3.63, 3.8) is 0 Å². The van der Waals surface area contributed by atoms with Gasteiger partial charge in [-0.05, 0) is 25.8 Å². The summed E-state index contributed by atoms with van der Waals surface area (Å²) in [6, 6.07) is 4.53. The van der Waals surface area contributed by atoms with E-state index < -0.39 is 0 Å². The van der Waals surface area contributed by atoms with Crippen molar-refractivity contribution < 1.29 is 0 Å². The Kier molecular flexibility index (Phi) is 6.35. The Morgan fingerprint density at radius 1 is 1.41 bits per heavy atom. The van der Waals surface area contributed by atoms with Gasteiger partial charge in [0, 0.05) is 24.3 Å². The van der Waals surface area contributed by atoms with Crippen molar-refractivity contribution in [2.75, 3.05) is 11.4 Å². The van der Waals surface area contributed by atoms with Gasteiger partial charge in [0.2, 0.25) is 0 Å². The topological polar surface area (TPSA) is 16.1 Å². The van der Waals surface area contributed by atoms with Crippen molar-refractivity contribution in [1.82, 2.24) is 4.98 Å². The van der Waals surface area contributed by atoms with E-state index in [-0.39, 0.29) is 0 Å². The van der Waals surface area contributed by atoms with Gasteiger partial charge in [0.15, 0.2) is 0 Å². The maximum absolute atomic E-state index is 5.99. The molecule has 0 amide bonds. The van der Waals surface area contributed by atoms with E-state index in [4.69, 9.17) is 11.6 Å². The lowest BCUT2D eigenvalue weighted by molar-refractivity contribution is 0.588. The van der Waals surface area contributed by atoms with Crippen LogP contribution in [0.15, 0.2) is 18.3 Å². The van der Waals surface area contributed by atoms with Crippen LogP contribution in [-0.2, 0) is 5.88 Å². The lowest BCUT2D eigenvalue weighted by atomic mass is 10.1. The van der Waals surface area contributed by atoms with Gasteiger partial charge in [0.1, 0.15) is 5.82 Å². The van der Waals surface area contributed by atoms with Crippen LogP contribution in [0.4, 0.5) is 5.82 Å². The Balaban J connectivity index is 2.94. The maximum Gasteiger partial charge on any atom is 0.133 e. The number of pyridine rings is 1. The van der Waals surface area contributed by atoms with Crippen LogP contribution in [0.25, 0.3) is 0 Å². The second kappa shape index (κ2) is 7.54. The summed E-state index contributed by atoms with van der Waals surface area (Å²) < 4.78 is 0. The molecule has 3 heteroatoms. The lowest BCUT2D eigenvalue weighted by Gasteiger charge is -2.31. The van der Waals surface area contributed by atoms with Crippen molar-refractivity contribution in [1.29, 1.82) is 0 Å². The highest BCUT2D eigenvalue weighted by atomic mass is 35.5. The Labute approximate surface area is 110 Å². The minimum atomic E-state index is 0.512. The Bertz CT molecular complexity index is 328. The van der Waals surface area contributed by atoms with Crippen molar-refractivity contribution in [2.24, 2.45) is 0 Å². The molecule has 0 saturated carbocycles. The highest BCUT2D eigenvalue weighted by Crippen LogP contribution is 2.22. The molecular formula is C14H23ClN2. The zero-order valence-electron chi connectivity index (χ0n) is 11.1. The fraction of sp³-hybridized carbons (Fsp3) is 0.643. The van der Waals surface area contributed by atoms with Gasteiger partial charge in [-0.15, -0.1) is 11.6 Å². The average Bonchev–Trinajstić information content (AvgIpc) is 2.39. The van der Waals surface area contributed by atoms with Crippen LogP contribution in [0.2, 0.25) is 0 Å². The smallest absolute Gasteiger partial charge is 0.133 e. The fourth-order valence-electron chi connectivity index (χ4n) is 1.88. The third-order valence-electron chi connectivity index (χ3n) is 3.16. The second-order valence-corrected chi connectivity index (χ2v) is 4.69. The molecule has 0 fully saturated rings. The molecular weight excluding hydrogens is 232 g/mol. The predicted octanol–water partition coefficient (Wildman–Crippen LogP) is 4.23. The molecule has 0 saturated heterocycles. The van der Waals surface area contributed by atoms with Crippen LogP contribution in [0.3, 0.4) is 0 Å². The number of hydrogen-bond donors (Lipinski definition) is 0. The molecule has 1 aromatic heterocycles. The van der Waals surface area contributed by atoms with Gasteiger partial charge in [0.05, 0.1) is 5.88 Å². The summed E-state index contributed by atoms with van der Waals surface area (Å²) in [5.41, 5.74) is 1.13.